The monoisotopic (exact) mass is 237 g/mol. The number of carbonyl (C=O) groups is 1. The maximum atomic E-state index is 11.4. The standard InChI is InChI=1S/C13H23N3O/c1-9(2)15-13(17)14-7-6-12-8-10(3)16(5)11(12)4/h8-9H,6-7H2,1-5H3,(H2,14,15,17). The van der Waals surface area contributed by atoms with E-state index in [-0.39, 0.29) is 12.1 Å². The number of hydrogen-bond acceptors (Lipinski definition) is 1. The van der Waals surface area contributed by atoms with Gasteiger partial charge in [-0.05, 0) is 45.7 Å². The first-order valence-electron chi connectivity index (χ1n) is 6.08. The summed E-state index contributed by atoms with van der Waals surface area (Å²) < 4.78 is 2.17. The Morgan fingerprint density at radius 2 is 2.06 bits per heavy atom. The highest BCUT2D eigenvalue weighted by atomic mass is 16.2. The van der Waals surface area contributed by atoms with Crippen LogP contribution in [-0.4, -0.2) is 23.2 Å². The van der Waals surface area contributed by atoms with Gasteiger partial charge in [0.1, 0.15) is 0 Å². The van der Waals surface area contributed by atoms with Gasteiger partial charge in [0, 0.05) is 31.0 Å². The van der Waals surface area contributed by atoms with E-state index in [4.69, 9.17) is 0 Å². The van der Waals surface area contributed by atoms with Gasteiger partial charge in [-0.15, -0.1) is 0 Å². The molecule has 0 aromatic carbocycles. The fraction of sp³-hybridized carbons (Fsp3) is 0.615. The van der Waals surface area contributed by atoms with E-state index in [9.17, 15) is 4.79 Å². The summed E-state index contributed by atoms with van der Waals surface area (Å²) in [5, 5.41) is 5.66. The van der Waals surface area contributed by atoms with Crippen molar-refractivity contribution in [3.05, 3.63) is 23.0 Å². The minimum absolute atomic E-state index is 0.0923. The third-order valence-corrected chi connectivity index (χ3v) is 2.98. The average Bonchev–Trinajstić information content (AvgIpc) is 2.45. The lowest BCUT2D eigenvalue weighted by Gasteiger charge is -2.10. The van der Waals surface area contributed by atoms with Gasteiger partial charge in [-0.25, -0.2) is 4.79 Å². The molecular weight excluding hydrogens is 214 g/mol. The van der Waals surface area contributed by atoms with Crippen molar-refractivity contribution in [3.63, 3.8) is 0 Å². The summed E-state index contributed by atoms with van der Waals surface area (Å²) >= 11 is 0. The fourth-order valence-corrected chi connectivity index (χ4v) is 1.81. The molecule has 0 spiro atoms. The van der Waals surface area contributed by atoms with Gasteiger partial charge in [-0.3, -0.25) is 0 Å². The van der Waals surface area contributed by atoms with Crippen molar-refractivity contribution in [1.29, 1.82) is 0 Å². The minimum atomic E-state index is -0.0923. The molecule has 96 valence electrons. The molecule has 0 aliphatic carbocycles. The number of urea groups is 1. The largest absolute Gasteiger partial charge is 0.352 e. The van der Waals surface area contributed by atoms with E-state index in [1.807, 2.05) is 13.8 Å². The number of nitrogens with zero attached hydrogens (tertiary/aromatic N) is 1. The van der Waals surface area contributed by atoms with Crippen molar-refractivity contribution >= 4 is 6.03 Å². The summed E-state index contributed by atoms with van der Waals surface area (Å²) in [5.74, 6) is 0. The predicted octanol–water partition coefficient (Wildman–Crippen LogP) is 1.89. The van der Waals surface area contributed by atoms with Crippen LogP contribution in [0.3, 0.4) is 0 Å². The van der Waals surface area contributed by atoms with Crippen LogP contribution in [0.1, 0.15) is 30.8 Å². The molecule has 0 saturated carbocycles. The number of aromatic nitrogens is 1. The van der Waals surface area contributed by atoms with Crippen LogP contribution in [0.2, 0.25) is 0 Å². The molecule has 2 N–H and O–H groups in total. The van der Waals surface area contributed by atoms with Crippen molar-refractivity contribution in [2.45, 2.75) is 40.2 Å². The third-order valence-electron chi connectivity index (χ3n) is 2.98. The Hall–Kier alpha value is -1.45. The van der Waals surface area contributed by atoms with E-state index in [2.05, 4.69) is 42.2 Å². The van der Waals surface area contributed by atoms with Crippen LogP contribution in [0.5, 0.6) is 0 Å². The van der Waals surface area contributed by atoms with Crippen molar-refractivity contribution < 1.29 is 4.79 Å². The number of rotatable bonds is 4. The Balaban J connectivity index is 2.41. The summed E-state index contributed by atoms with van der Waals surface area (Å²) in [6.45, 7) is 8.77. The molecular formula is C13H23N3O. The van der Waals surface area contributed by atoms with Crippen molar-refractivity contribution in [2.75, 3.05) is 6.54 Å². The van der Waals surface area contributed by atoms with Gasteiger partial charge >= 0.3 is 6.03 Å². The van der Waals surface area contributed by atoms with Crippen LogP contribution < -0.4 is 10.6 Å². The van der Waals surface area contributed by atoms with Crippen LogP contribution in [0.4, 0.5) is 4.79 Å². The van der Waals surface area contributed by atoms with Crippen LogP contribution in [0.25, 0.3) is 0 Å². The zero-order valence-corrected chi connectivity index (χ0v) is 11.4. The Morgan fingerprint density at radius 3 is 2.53 bits per heavy atom. The first kappa shape index (κ1) is 13.6. The second kappa shape index (κ2) is 5.75. The molecule has 0 saturated heterocycles. The second-order valence-corrected chi connectivity index (χ2v) is 4.76. The number of aryl methyl sites for hydroxylation is 1. The summed E-state index contributed by atoms with van der Waals surface area (Å²) in [5.41, 5.74) is 3.83. The lowest BCUT2D eigenvalue weighted by molar-refractivity contribution is 0.238. The summed E-state index contributed by atoms with van der Waals surface area (Å²) in [4.78, 5) is 11.4. The van der Waals surface area contributed by atoms with Gasteiger partial charge in [0.25, 0.3) is 0 Å². The molecule has 1 rings (SSSR count). The summed E-state index contributed by atoms with van der Waals surface area (Å²) in [7, 11) is 2.06. The molecule has 0 radical (unpaired) electrons. The molecule has 0 aliphatic heterocycles. The van der Waals surface area contributed by atoms with E-state index < -0.39 is 0 Å². The van der Waals surface area contributed by atoms with E-state index in [0.717, 1.165) is 6.42 Å². The lowest BCUT2D eigenvalue weighted by atomic mass is 10.2. The molecule has 2 amide bonds. The first-order chi connectivity index (χ1) is 7.91. The smallest absolute Gasteiger partial charge is 0.314 e. The van der Waals surface area contributed by atoms with Gasteiger partial charge in [0.15, 0.2) is 0 Å². The minimum Gasteiger partial charge on any atom is -0.352 e. The van der Waals surface area contributed by atoms with Crippen molar-refractivity contribution in [2.24, 2.45) is 7.05 Å². The van der Waals surface area contributed by atoms with Crippen LogP contribution in [0, 0.1) is 13.8 Å². The molecule has 17 heavy (non-hydrogen) atoms. The van der Waals surface area contributed by atoms with Crippen molar-refractivity contribution in [3.8, 4) is 0 Å². The first-order valence-corrected chi connectivity index (χ1v) is 6.08. The van der Waals surface area contributed by atoms with E-state index >= 15 is 0 Å². The maximum absolute atomic E-state index is 11.4. The highest BCUT2D eigenvalue weighted by Gasteiger charge is 2.06. The topological polar surface area (TPSA) is 46.1 Å². The highest BCUT2D eigenvalue weighted by Crippen LogP contribution is 2.13. The lowest BCUT2D eigenvalue weighted by Crippen LogP contribution is -2.40. The maximum Gasteiger partial charge on any atom is 0.314 e. The molecule has 0 unspecified atom stereocenters. The van der Waals surface area contributed by atoms with E-state index in [1.165, 1.54) is 17.0 Å². The molecule has 0 atom stereocenters. The zero-order chi connectivity index (χ0) is 13.0. The Kier molecular flexibility index (Phi) is 4.61. The third kappa shape index (κ3) is 3.80. The van der Waals surface area contributed by atoms with Gasteiger partial charge in [-0.2, -0.15) is 0 Å². The number of carbonyl (C=O) groups excluding carboxylic acids is 1. The highest BCUT2D eigenvalue weighted by molar-refractivity contribution is 5.74. The molecule has 1 heterocycles. The molecule has 1 aromatic heterocycles. The number of amides is 2. The molecule has 4 nitrogen and oxygen atoms in total. The van der Waals surface area contributed by atoms with E-state index in [1.54, 1.807) is 0 Å². The summed E-state index contributed by atoms with van der Waals surface area (Å²) in [6, 6.07) is 2.26. The normalized spacial score (nSPS) is 10.7. The molecule has 0 aliphatic rings. The Labute approximate surface area is 103 Å². The summed E-state index contributed by atoms with van der Waals surface area (Å²) in [6.07, 6.45) is 0.874. The quantitative estimate of drug-likeness (QED) is 0.825. The molecule has 0 bridgehead atoms. The molecule has 1 aromatic rings. The fourth-order valence-electron chi connectivity index (χ4n) is 1.81. The number of hydrogen-bond donors (Lipinski definition) is 2. The van der Waals surface area contributed by atoms with Crippen LogP contribution >= 0.6 is 0 Å². The van der Waals surface area contributed by atoms with E-state index in [0.29, 0.717) is 6.54 Å². The van der Waals surface area contributed by atoms with Crippen LogP contribution in [-0.2, 0) is 13.5 Å². The molecule has 4 heteroatoms. The van der Waals surface area contributed by atoms with Gasteiger partial charge < -0.3 is 15.2 Å². The zero-order valence-electron chi connectivity index (χ0n) is 11.4. The number of nitrogens with one attached hydrogen (secondary N) is 2. The molecule has 0 fully saturated rings. The second-order valence-electron chi connectivity index (χ2n) is 4.76. The van der Waals surface area contributed by atoms with Gasteiger partial charge in [-0.1, -0.05) is 0 Å². The Morgan fingerprint density at radius 1 is 1.41 bits per heavy atom. The Bertz CT molecular complexity index is 394. The predicted molar refractivity (Wildman–Crippen MR) is 70.3 cm³/mol. The van der Waals surface area contributed by atoms with Crippen LogP contribution in [0.15, 0.2) is 6.07 Å². The van der Waals surface area contributed by atoms with Gasteiger partial charge in [0.05, 0.1) is 0 Å². The SMILES string of the molecule is Cc1cc(CCNC(=O)NC(C)C)c(C)n1C. The van der Waals surface area contributed by atoms with Gasteiger partial charge in [0.2, 0.25) is 0 Å². The average molecular weight is 237 g/mol. The van der Waals surface area contributed by atoms with Crippen molar-refractivity contribution in [1.82, 2.24) is 15.2 Å².